The lowest BCUT2D eigenvalue weighted by atomic mass is 9.49. The number of oxime groups is 1. The van der Waals surface area contributed by atoms with Crippen LogP contribution < -0.4 is 5.32 Å². The second kappa shape index (κ2) is 7.15. The van der Waals surface area contributed by atoms with Crippen molar-refractivity contribution in [1.82, 2.24) is 14.8 Å². The number of hydrogen-bond donors (Lipinski definition) is 1. The lowest BCUT2D eigenvalue weighted by molar-refractivity contribution is -0.125. The number of thiazole rings is 1. The normalized spacial score (nSPS) is 33.4. The molecule has 4 fully saturated rings. The van der Waals surface area contributed by atoms with Crippen molar-refractivity contribution in [3.8, 4) is 0 Å². The number of amides is 1. The van der Waals surface area contributed by atoms with E-state index in [1.165, 1.54) is 44.2 Å². The molecule has 4 bridgehead atoms. The maximum Gasteiger partial charge on any atom is 0.270 e. The molecule has 2 aromatic rings. The van der Waals surface area contributed by atoms with Crippen molar-refractivity contribution in [2.75, 3.05) is 5.32 Å². The predicted molar refractivity (Wildman–Crippen MR) is 119 cm³/mol. The topological polar surface area (TPSA) is 81.4 Å². The second-order valence-electron chi connectivity index (χ2n) is 10.0. The number of aryl methyl sites for hydroxylation is 2. The van der Waals surface area contributed by atoms with Crippen LogP contribution in [-0.4, -0.2) is 32.5 Å². The zero-order valence-corrected chi connectivity index (χ0v) is 19.0. The van der Waals surface area contributed by atoms with Crippen LogP contribution >= 0.6 is 11.3 Å². The molecule has 4 aliphatic carbocycles. The van der Waals surface area contributed by atoms with Crippen molar-refractivity contribution in [1.29, 1.82) is 0 Å². The van der Waals surface area contributed by atoms with Crippen molar-refractivity contribution in [3.05, 3.63) is 28.5 Å². The van der Waals surface area contributed by atoms with Gasteiger partial charge < -0.3 is 4.84 Å². The van der Waals surface area contributed by atoms with Gasteiger partial charge in [-0.1, -0.05) is 5.16 Å². The standard InChI is InChI=1S/C23H29N5O2S/c1-3-28-11-17(13(2)26-28)18-7-19(30-27-18)21(29)25-22-24-20(12-31-22)23-8-14-4-15(9-23)6-16(5-14)10-23/h11-12,14-16,19H,3-10H2,1-2H3,(H,24,25,29). The van der Waals surface area contributed by atoms with Gasteiger partial charge in [0, 0.05) is 35.5 Å². The number of aromatic nitrogens is 3. The Bertz CT molecular complexity index is 1020. The molecule has 164 valence electrons. The van der Waals surface area contributed by atoms with Gasteiger partial charge in [-0.2, -0.15) is 5.10 Å². The zero-order valence-electron chi connectivity index (χ0n) is 18.1. The summed E-state index contributed by atoms with van der Waals surface area (Å²) < 4.78 is 1.88. The van der Waals surface area contributed by atoms with Gasteiger partial charge in [-0.25, -0.2) is 4.98 Å². The minimum atomic E-state index is -0.619. The van der Waals surface area contributed by atoms with Crippen molar-refractivity contribution < 1.29 is 9.63 Å². The van der Waals surface area contributed by atoms with E-state index >= 15 is 0 Å². The summed E-state index contributed by atoms with van der Waals surface area (Å²) in [5, 5.41) is 14.5. The summed E-state index contributed by atoms with van der Waals surface area (Å²) in [6.45, 7) is 4.80. The van der Waals surface area contributed by atoms with Crippen LogP contribution in [0.25, 0.3) is 0 Å². The second-order valence-corrected chi connectivity index (χ2v) is 10.9. The smallest absolute Gasteiger partial charge is 0.270 e. The minimum absolute atomic E-state index is 0.175. The lowest BCUT2D eigenvalue weighted by Crippen LogP contribution is -2.48. The molecule has 8 heteroatoms. The number of hydrogen-bond acceptors (Lipinski definition) is 6. The maximum atomic E-state index is 12.8. The van der Waals surface area contributed by atoms with E-state index in [0.29, 0.717) is 11.6 Å². The van der Waals surface area contributed by atoms with E-state index in [1.54, 1.807) is 11.3 Å². The van der Waals surface area contributed by atoms with Crippen molar-refractivity contribution in [2.45, 2.75) is 76.9 Å². The first-order valence-electron chi connectivity index (χ1n) is 11.6. The molecule has 7 nitrogen and oxygen atoms in total. The lowest BCUT2D eigenvalue weighted by Gasteiger charge is -2.56. The van der Waals surface area contributed by atoms with E-state index in [0.717, 1.165) is 41.3 Å². The zero-order chi connectivity index (χ0) is 21.2. The Balaban J connectivity index is 1.12. The highest BCUT2D eigenvalue weighted by Gasteiger charge is 2.52. The molecule has 1 atom stereocenters. The summed E-state index contributed by atoms with van der Waals surface area (Å²) >= 11 is 1.54. The molecule has 7 rings (SSSR count). The van der Waals surface area contributed by atoms with Gasteiger partial charge in [0.25, 0.3) is 5.91 Å². The third kappa shape index (κ3) is 3.30. The summed E-state index contributed by atoms with van der Waals surface area (Å²) in [6, 6.07) is 0. The van der Waals surface area contributed by atoms with Crippen molar-refractivity contribution in [3.63, 3.8) is 0 Å². The number of carbonyl (C=O) groups excluding carboxylic acids is 1. The average Bonchev–Trinajstić information content (AvgIpc) is 3.46. The van der Waals surface area contributed by atoms with Crippen LogP contribution in [0.4, 0.5) is 5.13 Å². The fourth-order valence-electron chi connectivity index (χ4n) is 6.83. The molecule has 1 amide bonds. The first-order chi connectivity index (χ1) is 15.0. The molecule has 0 spiro atoms. The monoisotopic (exact) mass is 439 g/mol. The highest BCUT2D eigenvalue weighted by Crippen LogP contribution is 2.60. The SMILES string of the molecule is CCn1cc(C2=NOC(C(=O)Nc3nc(C45CC6CC(CC(C6)C4)C5)cs3)C2)c(C)n1. The quantitative estimate of drug-likeness (QED) is 0.754. The van der Waals surface area contributed by atoms with Crippen LogP contribution in [-0.2, 0) is 21.6 Å². The molecular weight excluding hydrogens is 410 g/mol. The van der Waals surface area contributed by atoms with E-state index in [2.05, 4.69) is 21.0 Å². The van der Waals surface area contributed by atoms with Crippen LogP contribution in [0.3, 0.4) is 0 Å². The largest absolute Gasteiger partial charge is 0.382 e. The van der Waals surface area contributed by atoms with Gasteiger partial charge in [0.2, 0.25) is 6.10 Å². The fraction of sp³-hybridized carbons (Fsp3) is 0.652. The first-order valence-corrected chi connectivity index (χ1v) is 12.4. The van der Waals surface area contributed by atoms with Crippen LogP contribution in [0.2, 0.25) is 0 Å². The van der Waals surface area contributed by atoms with E-state index in [-0.39, 0.29) is 11.3 Å². The fourth-order valence-corrected chi connectivity index (χ4v) is 7.66. The van der Waals surface area contributed by atoms with E-state index in [9.17, 15) is 4.79 Å². The van der Waals surface area contributed by atoms with Crippen LogP contribution in [0.15, 0.2) is 16.7 Å². The number of nitrogens with one attached hydrogen (secondary N) is 1. The molecule has 1 aliphatic heterocycles. The van der Waals surface area contributed by atoms with E-state index in [4.69, 9.17) is 9.82 Å². The van der Waals surface area contributed by atoms with Crippen LogP contribution in [0, 0.1) is 24.7 Å². The molecular formula is C23H29N5O2S. The molecule has 2 aromatic heterocycles. The van der Waals surface area contributed by atoms with Crippen molar-refractivity contribution >= 4 is 28.1 Å². The van der Waals surface area contributed by atoms with Gasteiger partial charge in [-0.3, -0.25) is 14.8 Å². The summed E-state index contributed by atoms with van der Waals surface area (Å²) in [6.07, 6.45) is 9.91. The third-order valence-electron chi connectivity index (χ3n) is 7.86. The van der Waals surface area contributed by atoms with Crippen LogP contribution in [0.5, 0.6) is 0 Å². The third-order valence-corrected chi connectivity index (χ3v) is 8.62. The minimum Gasteiger partial charge on any atom is -0.382 e. The molecule has 5 aliphatic rings. The molecule has 1 N–H and O–H groups in total. The number of rotatable bonds is 5. The molecule has 0 saturated heterocycles. The Morgan fingerprint density at radius 2 is 1.97 bits per heavy atom. The Labute approximate surface area is 186 Å². The molecule has 0 aromatic carbocycles. The Hall–Kier alpha value is -2.22. The van der Waals surface area contributed by atoms with Gasteiger partial charge in [-0.05, 0) is 70.1 Å². The predicted octanol–water partition coefficient (Wildman–Crippen LogP) is 4.27. The summed E-state index contributed by atoms with van der Waals surface area (Å²) in [5.41, 5.74) is 4.11. The summed E-state index contributed by atoms with van der Waals surface area (Å²) in [5.74, 6) is 2.47. The van der Waals surface area contributed by atoms with Crippen molar-refractivity contribution in [2.24, 2.45) is 22.9 Å². The molecule has 3 heterocycles. The molecule has 4 saturated carbocycles. The highest BCUT2D eigenvalue weighted by molar-refractivity contribution is 7.14. The summed E-state index contributed by atoms with van der Waals surface area (Å²) in [7, 11) is 0. The number of nitrogens with zero attached hydrogens (tertiary/aromatic N) is 4. The van der Waals surface area contributed by atoms with E-state index < -0.39 is 6.10 Å². The molecule has 31 heavy (non-hydrogen) atoms. The maximum absolute atomic E-state index is 12.8. The van der Waals surface area contributed by atoms with Gasteiger partial charge in [0.15, 0.2) is 5.13 Å². The number of carbonyl (C=O) groups is 1. The Morgan fingerprint density at radius 1 is 1.26 bits per heavy atom. The Kier molecular flexibility index (Phi) is 4.49. The average molecular weight is 440 g/mol. The number of anilines is 1. The highest BCUT2D eigenvalue weighted by atomic mass is 32.1. The Morgan fingerprint density at radius 3 is 2.61 bits per heavy atom. The van der Waals surface area contributed by atoms with E-state index in [1.807, 2.05) is 24.7 Å². The van der Waals surface area contributed by atoms with Gasteiger partial charge in [0.05, 0.1) is 17.1 Å². The van der Waals surface area contributed by atoms with Gasteiger partial charge in [-0.15, -0.1) is 11.3 Å². The first kappa shape index (κ1) is 19.5. The molecule has 0 radical (unpaired) electrons. The van der Waals surface area contributed by atoms with Crippen LogP contribution in [0.1, 0.15) is 68.8 Å². The molecule has 1 unspecified atom stereocenters. The summed E-state index contributed by atoms with van der Waals surface area (Å²) in [4.78, 5) is 23.2. The van der Waals surface area contributed by atoms with Gasteiger partial charge >= 0.3 is 0 Å². The van der Waals surface area contributed by atoms with Gasteiger partial charge in [0.1, 0.15) is 0 Å².